The van der Waals surface area contributed by atoms with E-state index in [-0.39, 0.29) is 5.78 Å². The molecule has 0 aliphatic rings. The first kappa shape index (κ1) is 16.6. The first-order valence-corrected chi connectivity index (χ1v) is 8.51. The minimum atomic E-state index is -0.160. The summed E-state index contributed by atoms with van der Waals surface area (Å²) in [6.45, 7) is 0. The van der Waals surface area contributed by atoms with Gasteiger partial charge < -0.3 is 0 Å². The maximum atomic E-state index is 13.0. The number of carbonyl (C=O) groups excluding carboxylic acids is 1. The van der Waals surface area contributed by atoms with Crippen molar-refractivity contribution < 1.29 is 4.79 Å². The van der Waals surface area contributed by atoms with E-state index < -0.39 is 0 Å². The highest BCUT2D eigenvalue weighted by Gasteiger charge is 2.16. The van der Waals surface area contributed by atoms with Crippen molar-refractivity contribution >= 4 is 28.2 Å². The summed E-state index contributed by atoms with van der Waals surface area (Å²) in [5.41, 5.74) is 5.39. The van der Waals surface area contributed by atoms with Crippen LogP contribution in [0.3, 0.4) is 0 Å². The van der Waals surface area contributed by atoms with Crippen LogP contribution in [-0.4, -0.2) is 21.5 Å². The Bertz CT molecular complexity index is 1100. The molecule has 0 fully saturated rings. The van der Waals surface area contributed by atoms with Gasteiger partial charge in [0.15, 0.2) is 5.82 Å². The van der Waals surface area contributed by atoms with Gasteiger partial charge in [-0.2, -0.15) is 5.10 Å². The van der Waals surface area contributed by atoms with Crippen molar-refractivity contribution in [3.8, 4) is 0 Å². The van der Waals surface area contributed by atoms with Crippen LogP contribution in [0.5, 0.6) is 0 Å². The smallest absolute Gasteiger partial charge is 0.213 e. The monoisotopic (exact) mass is 352 g/mol. The summed E-state index contributed by atoms with van der Waals surface area (Å²) < 4.78 is 0. The van der Waals surface area contributed by atoms with E-state index in [9.17, 15) is 4.79 Å². The van der Waals surface area contributed by atoms with Crippen LogP contribution in [0, 0.1) is 0 Å². The van der Waals surface area contributed by atoms with Gasteiger partial charge in [-0.05, 0) is 12.1 Å². The predicted molar refractivity (Wildman–Crippen MR) is 107 cm³/mol. The number of benzene rings is 3. The van der Waals surface area contributed by atoms with Crippen LogP contribution in [0.4, 0.5) is 5.82 Å². The number of rotatable bonds is 5. The third kappa shape index (κ3) is 3.57. The number of carbonyl (C=O) groups is 1. The number of Topliss-reactive ketones (excluding diaryl/α,β-unsaturated/α-hetero) is 1. The average molecular weight is 352 g/mol. The van der Waals surface area contributed by atoms with Gasteiger partial charge in [0.05, 0.1) is 5.52 Å². The van der Waals surface area contributed by atoms with Crippen LogP contribution < -0.4 is 5.43 Å². The molecule has 0 amide bonds. The number of aromatic nitrogens is 2. The molecule has 0 radical (unpaired) electrons. The topological polar surface area (TPSA) is 67.2 Å². The number of nitrogens with one attached hydrogen (secondary N) is 1. The number of anilines is 1. The lowest BCUT2D eigenvalue weighted by molar-refractivity contribution is 0.106. The number of hydrogen-bond acceptors (Lipinski definition) is 5. The Hall–Kier alpha value is -3.86. The van der Waals surface area contributed by atoms with Crippen LogP contribution in [0.1, 0.15) is 15.9 Å². The molecule has 130 valence electrons. The molecule has 0 bridgehead atoms. The molecule has 1 N–H and O–H groups in total. The summed E-state index contributed by atoms with van der Waals surface area (Å²) in [6.07, 6.45) is 1.47. The summed E-state index contributed by atoms with van der Waals surface area (Å²) >= 11 is 0. The molecule has 5 heteroatoms. The van der Waals surface area contributed by atoms with E-state index in [0.717, 1.165) is 16.5 Å². The van der Waals surface area contributed by atoms with E-state index in [4.69, 9.17) is 0 Å². The van der Waals surface area contributed by atoms with Gasteiger partial charge in [0.25, 0.3) is 0 Å². The van der Waals surface area contributed by atoms with Crippen LogP contribution in [-0.2, 0) is 0 Å². The van der Waals surface area contributed by atoms with Crippen molar-refractivity contribution in [2.24, 2.45) is 5.10 Å². The molecule has 4 rings (SSSR count). The first-order chi connectivity index (χ1) is 13.3. The molecule has 0 spiro atoms. The third-order valence-electron chi connectivity index (χ3n) is 4.11. The summed E-state index contributed by atoms with van der Waals surface area (Å²) in [5.74, 6) is 0.391. The molecule has 0 aliphatic heterocycles. The molecule has 1 aromatic heterocycles. The largest absolute Gasteiger partial charge is 0.287 e. The van der Waals surface area contributed by atoms with Gasteiger partial charge >= 0.3 is 0 Å². The number of fused-ring (bicyclic) bond motifs is 1. The Morgan fingerprint density at radius 3 is 2.11 bits per heavy atom. The zero-order valence-electron chi connectivity index (χ0n) is 14.4. The van der Waals surface area contributed by atoms with Gasteiger partial charge in [-0.15, -0.1) is 0 Å². The molecule has 1 heterocycles. The van der Waals surface area contributed by atoms with Crippen LogP contribution in [0.2, 0.25) is 0 Å². The van der Waals surface area contributed by atoms with Gasteiger partial charge in [-0.3, -0.25) is 10.2 Å². The molecular formula is C22H16N4O. The average Bonchev–Trinajstić information content (AvgIpc) is 2.75. The Labute approximate surface area is 156 Å². The normalized spacial score (nSPS) is 11.3. The highest BCUT2D eigenvalue weighted by Crippen LogP contribution is 2.19. The van der Waals surface area contributed by atoms with E-state index in [1.54, 1.807) is 12.1 Å². The standard InChI is InChI=1S/C22H16N4O/c27-21(17-11-5-2-6-12-17)20(16-9-3-1-4-10-16)25-26-22-18-13-7-8-14-19(18)23-15-24-22/h1-15H,(H,23,24,26)/b25-20+. The number of nitrogens with zero attached hydrogens (tertiary/aromatic N) is 3. The molecule has 3 aromatic carbocycles. The molecule has 0 unspecified atom stereocenters. The fourth-order valence-electron chi connectivity index (χ4n) is 2.77. The minimum absolute atomic E-state index is 0.160. The minimum Gasteiger partial charge on any atom is -0.287 e. The van der Waals surface area contributed by atoms with Crippen molar-refractivity contribution in [2.45, 2.75) is 0 Å². The number of ketones is 1. The molecule has 0 saturated heterocycles. The highest BCUT2D eigenvalue weighted by atomic mass is 16.1. The van der Waals surface area contributed by atoms with E-state index in [1.165, 1.54) is 6.33 Å². The lowest BCUT2D eigenvalue weighted by atomic mass is 10.0. The molecule has 0 atom stereocenters. The quantitative estimate of drug-likeness (QED) is 0.330. The Balaban J connectivity index is 1.75. The van der Waals surface area contributed by atoms with Crippen LogP contribution in [0.25, 0.3) is 10.9 Å². The fraction of sp³-hybridized carbons (Fsp3) is 0. The Kier molecular flexibility index (Phi) is 4.66. The van der Waals surface area contributed by atoms with Crippen LogP contribution in [0.15, 0.2) is 96.4 Å². The summed E-state index contributed by atoms with van der Waals surface area (Å²) in [4.78, 5) is 21.5. The van der Waals surface area contributed by atoms with Gasteiger partial charge in [0.1, 0.15) is 12.0 Å². The molecule has 0 aliphatic carbocycles. The maximum absolute atomic E-state index is 13.0. The fourth-order valence-corrected chi connectivity index (χ4v) is 2.77. The molecule has 4 aromatic rings. The van der Waals surface area contributed by atoms with Crippen molar-refractivity contribution in [2.75, 3.05) is 5.43 Å². The third-order valence-corrected chi connectivity index (χ3v) is 4.11. The SMILES string of the molecule is O=C(/C(=N/Nc1ncnc2ccccc12)c1ccccc1)c1ccccc1. The zero-order valence-corrected chi connectivity index (χ0v) is 14.4. The number of hydrazone groups is 1. The Morgan fingerprint density at radius 1 is 0.741 bits per heavy atom. The lowest BCUT2D eigenvalue weighted by Gasteiger charge is -2.08. The zero-order chi connectivity index (χ0) is 18.5. The molecular weight excluding hydrogens is 336 g/mol. The second-order valence-corrected chi connectivity index (χ2v) is 5.87. The number of hydrogen-bond donors (Lipinski definition) is 1. The molecule has 27 heavy (non-hydrogen) atoms. The van der Waals surface area contributed by atoms with Crippen molar-refractivity contribution in [3.05, 3.63) is 102 Å². The first-order valence-electron chi connectivity index (χ1n) is 8.51. The highest BCUT2D eigenvalue weighted by molar-refractivity contribution is 6.51. The van der Waals surface area contributed by atoms with Crippen molar-refractivity contribution in [1.82, 2.24) is 9.97 Å². The van der Waals surface area contributed by atoms with E-state index in [2.05, 4.69) is 20.5 Å². The van der Waals surface area contributed by atoms with Gasteiger partial charge in [-0.25, -0.2) is 9.97 Å². The Morgan fingerprint density at radius 2 is 1.37 bits per heavy atom. The van der Waals surface area contributed by atoms with Crippen molar-refractivity contribution in [3.63, 3.8) is 0 Å². The number of para-hydroxylation sites is 1. The molecule has 0 saturated carbocycles. The van der Waals surface area contributed by atoms with Crippen molar-refractivity contribution in [1.29, 1.82) is 0 Å². The lowest BCUT2D eigenvalue weighted by Crippen LogP contribution is -2.17. The van der Waals surface area contributed by atoms with E-state index >= 15 is 0 Å². The maximum Gasteiger partial charge on any atom is 0.213 e. The second kappa shape index (κ2) is 7.58. The molecule has 5 nitrogen and oxygen atoms in total. The second-order valence-electron chi connectivity index (χ2n) is 5.87. The van der Waals surface area contributed by atoms with Gasteiger partial charge in [0, 0.05) is 16.5 Å². The summed E-state index contributed by atoms with van der Waals surface area (Å²) in [7, 11) is 0. The van der Waals surface area contributed by atoms with E-state index in [1.807, 2.05) is 72.8 Å². The van der Waals surface area contributed by atoms with Crippen LogP contribution >= 0.6 is 0 Å². The summed E-state index contributed by atoms with van der Waals surface area (Å²) in [5, 5.41) is 5.25. The summed E-state index contributed by atoms with van der Waals surface area (Å²) in [6, 6.07) is 26.1. The van der Waals surface area contributed by atoms with Gasteiger partial charge in [0.2, 0.25) is 5.78 Å². The predicted octanol–water partition coefficient (Wildman–Crippen LogP) is 4.33. The van der Waals surface area contributed by atoms with Gasteiger partial charge in [-0.1, -0.05) is 72.8 Å². The van der Waals surface area contributed by atoms with E-state index in [0.29, 0.717) is 17.1 Å².